The van der Waals surface area contributed by atoms with Gasteiger partial charge in [0.2, 0.25) is 23.5 Å². The number of likely N-dealkylation sites (tertiary alicyclic amines) is 1. The molecule has 1 fully saturated rings. The monoisotopic (exact) mass is 525 g/mol. The zero-order chi connectivity index (χ0) is 27.8. The van der Waals surface area contributed by atoms with Gasteiger partial charge in [0.15, 0.2) is 6.04 Å². The minimum absolute atomic E-state index is 0.0206. The van der Waals surface area contributed by atoms with Gasteiger partial charge in [0.05, 0.1) is 25.7 Å². The lowest BCUT2D eigenvalue weighted by Gasteiger charge is -2.25. The molecule has 202 valence electrons. The normalized spacial score (nSPS) is 17.8. The summed E-state index contributed by atoms with van der Waals surface area (Å²) < 4.78 is 27.8. The van der Waals surface area contributed by atoms with Crippen LogP contribution in [0.3, 0.4) is 0 Å². The van der Waals surface area contributed by atoms with Crippen LogP contribution in [-0.4, -0.2) is 83.0 Å². The van der Waals surface area contributed by atoms with Gasteiger partial charge in [0, 0.05) is 6.42 Å². The van der Waals surface area contributed by atoms with Gasteiger partial charge < -0.3 is 31.7 Å². The van der Waals surface area contributed by atoms with Crippen LogP contribution in [0, 0.1) is 0 Å². The molecule has 12 nitrogen and oxygen atoms in total. The molecule has 1 aliphatic rings. The number of hydrogen-bond acceptors (Lipinski definition) is 7. The molecule has 0 saturated carbocycles. The van der Waals surface area contributed by atoms with E-state index >= 15 is 0 Å². The third-order valence-corrected chi connectivity index (χ3v) is 5.60. The Morgan fingerprint density at radius 1 is 1.14 bits per heavy atom. The van der Waals surface area contributed by atoms with E-state index in [9.17, 15) is 42.7 Å². The molecule has 1 aromatic carbocycles. The lowest BCUT2D eigenvalue weighted by molar-refractivity contribution is -0.143. The first-order valence-electron chi connectivity index (χ1n) is 11.5. The second kappa shape index (κ2) is 12.9. The van der Waals surface area contributed by atoms with Gasteiger partial charge in [-0.2, -0.15) is 0 Å². The first-order valence-corrected chi connectivity index (χ1v) is 11.5. The van der Waals surface area contributed by atoms with Crippen molar-refractivity contribution in [1.82, 2.24) is 20.9 Å². The molecule has 37 heavy (non-hydrogen) atoms. The fourth-order valence-corrected chi connectivity index (χ4v) is 3.81. The fourth-order valence-electron chi connectivity index (χ4n) is 3.81. The van der Waals surface area contributed by atoms with Crippen LogP contribution in [0.4, 0.5) is 8.78 Å². The van der Waals surface area contributed by atoms with E-state index in [-0.39, 0.29) is 12.0 Å². The number of carboxylic acid groups (broad SMARTS) is 1. The Hall–Kier alpha value is -3.94. The van der Waals surface area contributed by atoms with Crippen LogP contribution in [0.15, 0.2) is 30.3 Å². The maximum atomic E-state index is 13.9. The summed E-state index contributed by atoms with van der Waals surface area (Å²) in [6.07, 6.45) is -0.655. The Kier molecular flexibility index (Phi) is 10.2. The van der Waals surface area contributed by atoms with Gasteiger partial charge in [-0.3, -0.25) is 24.0 Å². The Labute approximate surface area is 210 Å². The second-order valence-electron chi connectivity index (χ2n) is 8.45. The molecule has 0 aromatic heterocycles. The number of nitrogens with two attached hydrogens (primary N) is 1. The largest absolute Gasteiger partial charge is 0.479 e. The van der Waals surface area contributed by atoms with Crippen LogP contribution in [0.5, 0.6) is 0 Å². The van der Waals surface area contributed by atoms with Crippen LogP contribution in [-0.2, 0) is 28.8 Å². The van der Waals surface area contributed by atoms with Crippen LogP contribution in [0.1, 0.15) is 37.8 Å². The third kappa shape index (κ3) is 8.03. The number of alkyl halides is 2. The van der Waals surface area contributed by atoms with Gasteiger partial charge >= 0.3 is 5.97 Å². The van der Waals surface area contributed by atoms with E-state index in [1.54, 1.807) is 25.1 Å². The molecule has 0 aliphatic carbocycles. The molecule has 1 aliphatic heterocycles. The molecule has 6 N–H and O–H groups in total. The molecule has 0 bridgehead atoms. The molecule has 3 atom stereocenters. The molecule has 2 rings (SSSR count). The molecular weight excluding hydrogens is 496 g/mol. The number of nitrogens with one attached hydrogen (secondary N) is 3. The van der Waals surface area contributed by atoms with E-state index in [0.29, 0.717) is 11.3 Å². The van der Waals surface area contributed by atoms with Crippen molar-refractivity contribution in [3.05, 3.63) is 35.9 Å². The zero-order valence-electron chi connectivity index (χ0n) is 20.0. The SMILES string of the molecule is CCCC(NC(=O)[C@@H]1CC(F)(F)CN1C(=O)CN)C(=O)C(=O)NCC(=O)NC(C(=O)O)c1ccccc1. The summed E-state index contributed by atoms with van der Waals surface area (Å²) in [6.45, 7) is -0.666. The Bertz CT molecular complexity index is 1040. The number of Topliss-reactive ketones (excluding diaryl/α,β-unsaturated/α-hetero) is 1. The highest BCUT2D eigenvalue weighted by Gasteiger charge is 2.50. The molecule has 4 amide bonds. The van der Waals surface area contributed by atoms with Gasteiger partial charge in [-0.1, -0.05) is 43.7 Å². The predicted octanol–water partition coefficient (Wildman–Crippen LogP) is -0.906. The second-order valence-corrected chi connectivity index (χ2v) is 8.45. The van der Waals surface area contributed by atoms with E-state index in [1.807, 2.05) is 0 Å². The summed E-state index contributed by atoms with van der Waals surface area (Å²) in [5.74, 6) is -9.84. The Morgan fingerprint density at radius 2 is 1.78 bits per heavy atom. The standard InChI is InChI=1S/C23H29F2N5O7/c1-2-6-14(28-20(34)15-9-23(24,25)12-30(15)17(32)10-26)19(33)21(35)27-11-16(31)29-18(22(36)37)13-7-4-3-5-8-13/h3-5,7-8,14-15,18H,2,6,9-12,26H2,1H3,(H,27,35)(H,28,34)(H,29,31)(H,36,37)/t14?,15-,18?/m0/s1. The fraction of sp³-hybridized carbons (Fsp3) is 0.478. The number of carbonyl (C=O) groups excluding carboxylic acids is 5. The number of aliphatic carboxylic acids is 1. The number of hydrogen-bond donors (Lipinski definition) is 5. The lowest BCUT2D eigenvalue weighted by atomic mass is 10.0. The quantitative estimate of drug-likeness (QED) is 0.217. The number of nitrogens with zero attached hydrogens (tertiary/aromatic N) is 1. The lowest BCUT2D eigenvalue weighted by Crippen LogP contribution is -2.54. The van der Waals surface area contributed by atoms with Crippen molar-refractivity contribution in [1.29, 1.82) is 0 Å². The highest BCUT2D eigenvalue weighted by molar-refractivity contribution is 6.38. The van der Waals surface area contributed by atoms with Crippen molar-refractivity contribution in [3.63, 3.8) is 0 Å². The van der Waals surface area contributed by atoms with Gasteiger partial charge in [0.1, 0.15) is 6.04 Å². The smallest absolute Gasteiger partial charge is 0.330 e. The third-order valence-electron chi connectivity index (χ3n) is 5.60. The van der Waals surface area contributed by atoms with Crippen molar-refractivity contribution in [2.24, 2.45) is 5.73 Å². The molecule has 1 heterocycles. The highest BCUT2D eigenvalue weighted by atomic mass is 19.3. The van der Waals surface area contributed by atoms with Crippen molar-refractivity contribution in [2.75, 3.05) is 19.6 Å². The minimum atomic E-state index is -3.32. The van der Waals surface area contributed by atoms with Crippen molar-refractivity contribution >= 4 is 35.4 Å². The molecule has 1 aromatic rings. The molecule has 2 unspecified atom stereocenters. The maximum Gasteiger partial charge on any atom is 0.330 e. The zero-order valence-corrected chi connectivity index (χ0v) is 20.0. The van der Waals surface area contributed by atoms with Gasteiger partial charge in [-0.25, -0.2) is 13.6 Å². The summed E-state index contributed by atoms with van der Waals surface area (Å²) in [5, 5.41) is 15.9. The molecular formula is C23H29F2N5O7. The number of amides is 4. The Balaban J connectivity index is 2.00. The van der Waals surface area contributed by atoms with Gasteiger partial charge in [-0.15, -0.1) is 0 Å². The van der Waals surface area contributed by atoms with Crippen LogP contribution < -0.4 is 21.7 Å². The molecule has 14 heteroatoms. The first kappa shape index (κ1) is 29.3. The number of carboxylic acids is 1. The maximum absolute atomic E-state index is 13.9. The Morgan fingerprint density at radius 3 is 2.35 bits per heavy atom. The predicted molar refractivity (Wildman–Crippen MR) is 124 cm³/mol. The minimum Gasteiger partial charge on any atom is -0.479 e. The van der Waals surface area contributed by atoms with E-state index in [1.165, 1.54) is 12.1 Å². The number of benzene rings is 1. The van der Waals surface area contributed by atoms with E-state index in [0.717, 1.165) is 0 Å². The summed E-state index contributed by atoms with van der Waals surface area (Å²) in [6, 6.07) is 3.43. The first-order chi connectivity index (χ1) is 17.4. The number of halogens is 2. The molecule has 0 radical (unpaired) electrons. The average Bonchev–Trinajstić information content (AvgIpc) is 3.20. The summed E-state index contributed by atoms with van der Waals surface area (Å²) in [5.41, 5.74) is 5.53. The van der Waals surface area contributed by atoms with Gasteiger partial charge in [0.25, 0.3) is 11.8 Å². The molecule has 1 saturated heterocycles. The van der Waals surface area contributed by atoms with Crippen LogP contribution in [0.2, 0.25) is 0 Å². The van der Waals surface area contributed by atoms with Crippen LogP contribution in [0.25, 0.3) is 0 Å². The summed E-state index contributed by atoms with van der Waals surface area (Å²) in [7, 11) is 0. The van der Waals surface area contributed by atoms with Crippen molar-refractivity contribution in [3.8, 4) is 0 Å². The van der Waals surface area contributed by atoms with Crippen molar-refractivity contribution in [2.45, 2.75) is 50.2 Å². The summed E-state index contributed by atoms with van der Waals surface area (Å²) >= 11 is 0. The highest BCUT2D eigenvalue weighted by Crippen LogP contribution is 2.32. The van der Waals surface area contributed by atoms with E-state index in [2.05, 4.69) is 16.0 Å². The van der Waals surface area contributed by atoms with E-state index < -0.39 is 85.5 Å². The van der Waals surface area contributed by atoms with Crippen LogP contribution >= 0.6 is 0 Å². The topological polar surface area (TPSA) is 188 Å². The van der Waals surface area contributed by atoms with Crippen molar-refractivity contribution < 1.29 is 42.7 Å². The average molecular weight is 526 g/mol. The number of rotatable bonds is 12. The summed E-state index contributed by atoms with van der Waals surface area (Å²) in [4.78, 5) is 74.0. The number of ketones is 1. The van der Waals surface area contributed by atoms with E-state index in [4.69, 9.17) is 5.73 Å². The molecule has 0 spiro atoms. The number of carbonyl (C=O) groups is 6. The van der Waals surface area contributed by atoms with Gasteiger partial charge in [-0.05, 0) is 12.0 Å².